The van der Waals surface area contributed by atoms with E-state index in [0.717, 1.165) is 17.8 Å². The predicted molar refractivity (Wildman–Crippen MR) is 155 cm³/mol. The summed E-state index contributed by atoms with van der Waals surface area (Å²) in [5.41, 5.74) is 2.29. The summed E-state index contributed by atoms with van der Waals surface area (Å²) in [4.78, 5) is 18.7. The third kappa shape index (κ3) is 5.54. The van der Waals surface area contributed by atoms with Crippen molar-refractivity contribution in [1.29, 1.82) is 0 Å². The molecule has 0 amide bonds. The SMILES string of the molecule is CC[C@@H]1CN(c2nc(Cl)nc3c2nc(C)n3C[C@H]2OCC[C@@H]2O)[C@@H](C)CN1C(c1ccc(Cl)cc1)C1CC(F)(F)C1. The van der Waals surface area contributed by atoms with Crippen LogP contribution in [0.15, 0.2) is 24.3 Å². The summed E-state index contributed by atoms with van der Waals surface area (Å²) in [5.74, 6) is -1.33. The molecule has 1 N–H and O–H groups in total. The van der Waals surface area contributed by atoms with Crippen molar-refractivity contribution in [2.24, 2.45) is 5.92 Å². The molecule has 1 aliphatic carbocycles. The molecule has 1 unspecified atom stereocenters. The zero-order valence-electron chi connectivity index (χ0n) is 23.5. The Kier molecular flexibility index (Phi) is 7.91. The van der Waals surface area contributed by atoms with Crippen LogP contribution < -0.4 is 4.90 Å². The third-order valence-corrected chi connectivity index (χ3v) is 9.46. The van der Waals surface area contributed by atoms with Crippen molar-refractivity contribution in [1.82, 2.24) is 24.4 Å². The van der Waals surface area contributed by atoms with Gasteiger partial charge in [0.2, 0.25) is 11.2 Å². The van der Waals surface area contributed by atoms with Gasteiger partial charge in [-0.3, -0.25) is 4.90 Å². The van der Waals surface area contributed by atoms with Crippen LogP contribution >= 0.6 is 23.2 Å². The lowest BCUT2D eigenvalue weighted by Gasteiger charge is -2.53. The first-order valence-electron chi connectivity index (χ1n) is 14.4. The maximum atomic E-state index is 14.1. The molecule has 3 aliphatic rings. The fraction of sp³-hybridized carbons (Fsp3) is 0.621. The first-order chi connectivity index (χ1) is 19.5. The Morgan fingerprint density at radius 3 is 2.49 bits per heavy atom. The van der Waals surface area contributed by atoms with Crippen molar-refractivity contribution in [3.05, 3.63) is 46.0 Å². The molecule has 1 aromatic carbocycles. The van der Waals surface area contributed by atoms with Gasteiger partial charge in [-0.25, -0.2) is 13.8 Å². The van der Waals surface area contributed by atoms with E-state index in [1.54, 1.807) is 0 Å². The van der Waals surface area contributed by atoms with Crippen molar-refractivity contribution in [2.75, 3.05) is 24.6 Å². The summed E-state index contributed by atoms with van der Waals surface area (Å²) in [7, 11) is 0. The molecule has 2 saturated heterocycles. The highest BCUT2D eigenvalue weighted by Crippen LogP contribution is 2.51. The highest BCUT2D eigenvalue weighted by molar-refractivity contribution is 6.30. The van der Waals surface area contributed by atoms with Crippen LogP contribution in [0, 0.1) is 12.8 Å². The highest BCUT2D eigenvalue weighted by Gasteiger charge is 2.51. The minimum absolute atomic E-state index is 0.00722. The molecule has 12 heteroatoms. The quantitative estimate of drug-likeness (QED) is 0.346. The second-order valence-corrected chi connectivity index (χ2v) is 12.6. The van der Waals surface area contributed by atoms with Crippen LogP contribution in [0.5, 0.6) is 0 Å². The van der Waals surface area contributed by atoms with Gasteiger partial charge >= 0.3 is 0 Å². The van der Waals surface area contributed by atoms with Crippen molar-refractivity contribution >= 4 is 40.2 Å². The Bertz CT molecular complexity index is 1400. The summed E-state index contributed by atoms with van der Waals surface area (Å²) in [6.07, 6.45) is 0.355. The van der Waals surface area contributed by atoms with Gasteiger partial charge in [0.1, 0.15) is 11.9 Å². The van der Waals surface area contributed by atoms with Crippen molar-refractivity contribution < 1.29 is 18.6 Å². The van der Waals surface area contributed by atoms with Gasteiger partial charge < -0.3 is 19.3 Å². The highest BCUT2D eigenvalue weighted by atomic mass is 35.5. The lowest BCUT2D eigenvalue weighted by molar-refractivity contribution is -0.137. The number of fused-ring (bicyclic) bond motifs is 1. The second kappa shape index (κ2) is 11.2. The molecule has 41 heavy (non-hydrogen) atoms. The fourth-order valence-electron chi connectivity index (χ4n) is 6.87. The van der Waals surface area contributed by atoms with Crippen molar-refractivity contribution in [3.8, 4) is 0 Å². The first kappa shape index (κ1) is 29.0. The van der Waals surface area contributed by atoms with Gasteiger partial charge in [0.25, 0.3) is 0 Å². The standard InChI is InChI=1S/C29H36Cl2F2N6O2/c1-4-21-14-37(16(2)13-39(21)25(19-11-29(32,33)12-19)18-5-7-20(30)8-6-18)26-24-27(36-28(31)35-26)38(17(3)34-24)15-23-22(40)9-10-41-23/h5-8,16,19,21-23,25,40H,4,9-15H2,1-3H3/t16-,21+,22-,23+,25?/m0/s1. The number of aliphatic hydroxyl groups excluding tert-OH is 1. The number of rotatable bonds is 7. The molecule has 2 aliphatic heterocycles. The lowest BCUT2D eigenvalue weighted by Crippen LogP contribution is -2.60. The van der Waals surface area contributed by atoms with E-state index in [-0.39, 0.29) is 48.3 Å². The van der Waals surface area contributed by atoms with Crippen molar-refractivity contribution in [2.45, 2.75) is 89.3 Å². The van der Waals surface area contributed by atoms with E-state index < -0.39 is 12.0 Å². The molecule has 0 radical (unpaired) electrons. The summed E-state index contributed by atoms with van der Waals surface area (Å²) in [6, 6.07) is 7.60. The molecule has 0 bridgehead atoms. The Morgan fingerprint density at radius 1 is 1.12 bits per heavy atom. The van der Waals surface area contributed by atoms with Crippen molar-refractivity contribution in [3.63, 3.8) is 0 Å². The van der Waals surface area contributed by atoms with Crippen LogP contribution in [-0.2, 0) is 11.3 Å². The Hall–Kier alpha value is -2.11. The molecule has 6 rings (SSSR count). The third-order valence-electron chi connectivity index (χ3n) is 9.04. The summed E-state index contributed by atoms with van der Waals surface area (Å²) >= 11 is 12.7. The maximum absolute atomic E-state index is 14.1. The second-order valence-electron chi connectivity index (χ2n) is 11.8. The topological polar surface area (TPSA) is 79.5 Å². The monoisotopic (exact) mass is 608 g/mol. The number of halogens is 4. The average molecular weight is 610 g/mol. The van der Waals surface area contributed by atoms with Crippen LogP contribution in [0.2, 0.25) is 10.3 Å². The number of aliphatic hydroxyl groups is 1. The van der Waals surface area contributed by atoms with Gasteiger partial charge in [-0.05, 0) is 61.9 Å². The number of anilines is 1. The van der Waals surface area contributed by atoms with Gasteiger partial charge in [0.05, 0.1) is 12.6 Å². The summed E-state index contributed by atoms with van der Waals surface area (Å²) < 4.78 is 35.9. The molecule has 3 aromatic rings. The number of nitrogens with zero attached hydrogens (tertiary/aromatic N) is 6. The van der Waals surface area contributed by atoms with E-state index in [2.05, 4.69) is 33.6 Å². The number of alkyl halides is 2. The first-order valence-corrected chi connectivity index (χ1v) is 15.2. The maximum Gasteiger partial charge on any atom is 0.248 e. The van der Waals surface area contributed by atoms with E-state index in [1.807, 2.05) is 35.8 Å². The Balaban J connectivity index is 1.32. The number of ether oxygens (including phenoxy) is 1. The minimum atomic E-state index is -2.61. The lowest BCUT2D eigenvalue weighted by atomic mass is 9.73. The van der Waals surface area contributed by atoms with E-state index >= 15 is 0 Å². The fourth-order valence-corrected chi connectivity index (χ4v) is 7.15. The largest absolute Gasteiger partial charge is 0.390 e. The molecular formula is C29H36Cl2F2N6O2. The smallest absolute Gasteiger partial charge is 0.248 e. The molecule has 5 atom stereocenters. The van der Waals surface area contributed by atoms with Crippen LogP contribution in [-0.4, -0.2) is 79.4 Å². The number of hydrogen-bond donors (Lipinski definition) is 1. The molecule has 1 saturated carbocycles. The number of hydrogen-bond acceptors (Lipinski definition) is 7. The Morgan fingerprint density at radius 2 is 1.85 bits per heavy atom. The molecule has 3 fully saturated rings. The number of aryl methyl sites for hydroxylation is 1. The molecule has 2 aromatic heterocycles. The van der Waals surface area contributed by atoms with Crippen LogP contribution in [0.3, 0.4) is 0 Å². The molecular weight excluding hydrogens is 573 g/mol. The number of imidazole rings is 1. The van der Waals surface area contributed by atoms with Gasteiger partial charge in [0, 0.05) is 55.7 Å². The summed E-state index contributed by atoms with van der Waals surface area (Å²) in [5, 5.41) is 11.1. The zero-order chi connectivity index (χ0) is 29.1. The van der Waals surface area contributed by atoms with Gasteiger partial charge in [0.15, 0.2) is 17.0 Å². The van der Waals surface area contributed by atoms with Gasteiger partial charge in [-0.1, -0.05) is 30.7 Å². The molecule has 222 valence electrons. The number of aromatic nitrogens is 4. The van der Waals surface area contributed by atoms with Gasteiger partial charge in [-0.15, -0.1) is 0 Å². The van der Waals surface area contributed by atoms with Crippen LogP contribution in [0.4, 0.5) is 14.6 Å². The molecule has 8 nitrogen and oxygen atoms in total. The van der Waals surface area contributed by atoms with Gasteiger partial charge in [-0.2, -0.15) is 9.97 Å². The predicted octanol–water partition coefficient (Wildman–Crippen LogP) is 5.67. The van der Waals surface area contributed by atoms with E-state index in [4.69, 9.17) is 32.9 Å². The molecule has 0 spiro atoms. The van der Waals surface area contributed by atoms with E-state index in [1.165, 1.54) is 0 Å². The molecule has 4 heterocycles. The van der Waals surface area contributed by atoms with Crippen LogP contribution in [0.25, 0.3) is 11.2 Å². The minimum Gasteiger partial charge on any atom is -0.390 e. The van der Waals surface area contributed by atoms with E-state index in [0.29, 0.717) is 54.7 Å². The van der Waals surface area contributed by atoms with E-state index in [9.17, 15) is 13.9 Å². The normalized spacial score (nSPS) is 27.9. The average Bonchev–Trinajstić information content (AvgIpc) is 3.46. The number of benzene rings is 1. The summed E-state index contributed by atoms with van der Waals surface area (Å²) in [6.45, 7) is 8.42. The Labute approximate surface area is 248 Å². The van der Waals surface area contributed by atoms with Crippen LogP contribution in [0.1, 0.15) is 57.0 Å². The number of piperazine rings is 1. The zero-order valence-corrected chi connectivity index (χ0v) is 25.0.